The maximum absolute atomic E-state index is 6.47. The summed E-state index contributed by atoms with van der Waals surface area (Å²) in [6, 6.07) is 27.9. The average Bonchev–Trinajstić information content (AvgIpc) is 3.52. The smallest absolute Gasteiger partial charge is 0.231 e. The van der Waals surface area contributed by atoms with Crippen molar-refractivity contribution in [3.63, 3.8) is 0 Å². The lowest BCUT2D eigenvalue weighted by molar-refractivity contribution is -0.0935. The van der Waals surface area contributed by atoms with Crippen LogP contribution in [0.3, 0.4) is 0 Å². The molecule has 2 fully saturated rings. The summed E-state index contributed by atoms with van der Waals surface area (Å²) in [7, 11) is 1.82. The van der Waals surface area contributed by atoms with Crippen LogP contribution in [0.4, 0.5) is 0 Å². The van der Waals surface area contributed by atoms with Crippen LogP contribution in [0.25, 0.3) is 0 Å². The van der Waals surface area contributed by atoms with Crippen molar-refractivity contribution < 1.29 is 18.9 Å². The first-order valence-corrected chi connectivity index (χ1v) is 13.1. The van der Waals surface area contributed by atoms with E-state index in [-0.39, 0.29) is 17.0 Å². The number of hydrogen-bond donors (Lipinski definition) is 1. The number of thioether (sulfide) groups is 1. The van der Waals surface area contributed by atoms with Gasteiger partial charge in [0.25, 0.3) is 0 Å². The molecule has 6 heteroatoms. The lowest BCUT2D eigenvalue weighted by atomic mass is 9.74. The van der Waals surface area contributed by atoms with E-state index < -0.39 is 0 Å². The molecule has 5 atom stereocenters. The van der Waals surface area contributed by atoms with Crippen LogP contribution in [0.5, 0.6) is 11.5 Å². The molecule has 0 spiro atoms. The zero-order valence-corrected chi connectivity index (χ0v) is 20.7. The molecule has 5 nitrogen and oxygen atoms in total. The van der Waals surface area contributed by atoms with Crippen LogP contribution < -0.4 is 14.8 Å². The third-order valence-electron chi connectivity index (χ3n) is 7.61. The Morgan fingerprint density at radius 1 is 0.943 bits per heavy atom. The van der Waals surface area contributed by atoms with Gasteiger partial charge in [0.1, 0.15) is 0 Å². The van der Waals surface area contributed by atoms with Gasteiger partial charge in [0.2, 0.25) is 6.79 Å². The first-order valence-electron chi connectivity index (χ1n) is 12.3. The molecular weight excluding hydrogens is 458 g/mol. The molecule has 35 heavy (non-hydrogen) atoms. The number of benzene rings is 3. The van der Waals surface area contributed by atoms with Crippen LogP contribution >= 0.6 is 11.8 Å². The predicted octanol–water partition coefficient (Wildman–Crippen LogP) is 5.40. The van der Waals surface area contributed by atoms with Gasteiger partial charge in [-0.05, 0) is 48.2 Å². The quantitative estimate of drug-likeness (QED) is 0.480. The highest BCUT2D eigenvalue weighted by Crippen LogP contribution is 2.56. The molecule has 3 aromatic carbocycles. The monoisotopic (exact) mass is 489 g/mol. The fraction of sp³-hybridized carbons (Fsp3) is 0.379. The number of methoxy groups -OCH3 is 1. The van der Waals surface area contributed by atoms with Crippen LogP contribution in [0.2, 0.25) is 0 Å². The number of rotatable bonds is 7. The number of fused-ring (bicyclic) bond motifs is 2. The fourth-order valence-electron chi connectivity index (χ4n) is 5.86. The average molecular weight is 490 g/mol. The summed E-state index contributed by atoms with van der Waals surface area (Å²) < 4.78 is 23.8. The van der Waals surface area contributed by atoms with Gasteiger partial charge in [-0.2, -0.15) is 0 Å². The van der Waals surface area contributed by atoms with Crippen molar-refractivity contribution in [2.75, 3.05) is 20.4 Å². The van der Waals surface area contributed by atoms with E-state index in [2.05, 4.69) is 72.0 Å². The largest absolute Gasteiger partial charge is 0.454 e. The lowest BCUT2D eigenvalue weighted by Gasteiger charge is -2.48. The Hall–Kier alpha value is -2.51. The highest BCUT2D eigenvalue weighted by atomic mass is 32.2. The summed E-state index contributed by atoms with van der Waals surface area (Å²) in [5.74, 6) is 1.97. The zero-order chi connectivity index (χ0) is 23.7. The Morgan fingerprint density at radius 2 is 1.71 bits per heavy atom. The van der Waals surface area contributed by atoms with Crippen molar-refractivity contribution in [3.05, 3.63) is 90.0 Å². The minimum atomic E-state index is -0.0671. The van der Waals surface area contributed by atoms with Crippen molar-refractivity contribution in [2.45, 2.75) is 53.3 Å². The Labute approximate surface area is 211 Å². The predicted molar refractivity (Wildman–Crippen MR) is 137 cm³/mol. The molecular formula is C29H31NO4S. The van der Waals surface area contributed by atoms with Crippen LogP contribution in [0.1, 0.15) is 29.9 Å². The van der Waals surface area contributed by atoms with Crippen molar-refractivity contribution in [1.29, 1.82) is 0 Å². The van der Waals surface area contributed by atoms with Gasteiger partial charge < -0.3 is 24.3 Å². The minimum Gasteiger partial charge on any atom is -0.454 e. The van der Waals surface area contributed by atoms with Crippen LogP contribution in [0.15, 0.2) is 83.8 Å². The third kappa shape index (κ3) is 4.45. The van der Waals surface area contributed by atoms with Gasteiger partial charge >= 0.3 is 0 Å². The first kappa shape index (κ1) is 22.9. The second-order valence-corrected chi connectivity index (χ2v) is 11.0. The van der Waals surface area contributed by atoms with E-state index in [4.69, 9.17) is 18.9 Å². The van der Waals surface area contributed by atoms with Gasteiger partial charge in [0.05, 0.1) is 18.8 Å². The summed E-state index contributed by atoms with van der Waals surface area (Å²) in [5.41, 5.74) is 2.47. The topological polar surface area (TPSA) is 49.0 Å². The molecule has 3 aliphatic rings. The third-order valence-corrected chi connectivity index (χ3v) is 9.23. The van der Waals surface area contributed by atoms with E-state index in [1.54, 1.807) is 0 Å². The lowest BCUT2D eigenvalue weighted by Crippen LogP contribution is -2.55. The molecule has 0 unspecified atom stereocenters. The molecule has 1 aliphatic carbocycles. The normalized spacial score (nSPS) is 29.2. The molecule has 0 radical (unpaired) electrons. The maximum atomic E-state index is 6.47. The molecule has 6 rings (SSSR count). The van der Waals surface area contributed by atoms with Crippen LogP contribution in [-0.4, -0.2) is 43.4 Å². The van der Waals surface area contributed by atoms with Crippen LogP contribution in [0, 0.1) is 0 Å². The van der Waals surface area contributed by atoms with Crippen molar-refractivity contribution in [2.24, 2.45) is 0 Å². The molecule has 1 saturated carbocycles. The molecule has 182 valence electrons. The first-order chi connectivity index (χ1) is 17.2. The highest BCUT2D eigenvalue weighted by Gasteiger charge is 2.57. The molecule has 1 N–H and O–H groups in total. The molecule has 3 aromatic rings. The standard InChI is InChI=1S/C29H31NO4S/c1-31-27-16-29(35-22-10-6-3-7-11-22)23(21-12-13-24-25(14-21)34-19-33-24)17-30-28(29)15-26(27)32-18-20-8-4-2-5-9-20/h2-14,23,26-28,30H,15-19H2,1H3/t23-,26+,27+,28-,29+/m1/s1. The van der Waals surface area contributed by atoms with E-state index in [9.17, 15) is 0 Å². The number of nitrogens with one attached hydrogen (secondary N) is 1. The summed E-state index contributed by atoms with van der Waals surface area (Å²) in [6.07, 6.45) is 1.87. The molecule has 0 amide bonds. The summed E-state index contributed by atoms with van der Waals surface area (Å²) in [4.78, 5) is 1.28. The molecule has 0 aromatic heterocycles. The number of hydrogen-bond acceptors (Lipinski definition) is 6. The molecule has 1 saturated heterocycles. The summed E-state index contributed by atoms with van der Waals surface area (Å²) in [6.45, 7) is 1.80. The molecule has 2 heterocycles. The zero-order valence-electron chi connectivity index (χ0n) is 19.9. The Kier molecular flexibility index (Phi) is 6.46. The SMILES string of the molecule is CO[C@H]1C[C@]2(Sc3ccccc3)[C@@H](c3ccc4c(c3)OCO4)CN[C@@H]2C[C@@H]1OCc1ccccc1. The van der Waals surface area contributed by atoms with Crippen molar-refractivity contribution in [3.8, 4) is 11.5 Å². The Bertz CT molecular complexity index is 1140. The van der Waals surface area contributed by atoms with Crippen molar-refractivity contribution in [1.82, 2.24) is 5.32 Å². The van der Waals surface area contributed by atoms with Crippen molar-refractivity contribution >= 4 is 11.8 Å². The van der Waals surface area contributed by atoms with E-state index >= 15 is 0 Å². The van der Waals surface area contributed by atoms with Gasteiger partial charge in [-0.15, -0.1) is 11.8 Å². The second-order valence-electron chi connectivity index (χ2n) is 9.55. The van der Waals surface area contributed by atoms with Gasteiger partial charge in [0, 0.05) is 35.3 Å². The van der Waals surface area contributed by atoms with E-state index in [1.807, 2.05) is 31.0 Å². The summed E-state index contributed by atoms with van der Waals surface area (Å²) >= 11 is 1.98. The second kappa shape index (κ2) is 9.86. The van der Waals surface area contributed by atoms with E-state index in [1.165, 1.54) is 16.0 Å². The Balaban J connectivity index is 1.31. The molecule has 2 aliphatic heterocycles. The molecule has 0 bridgehead atoms. The van der Waals surface area contributed by atoms with E-state index in [0.29, 0.717) is 25.4 Å². The summed E-state index contributed by atoms with van der Waals surface area (Å²) in [5, 5.41) is 3.88. The number of ether oxygens (including phenoxy) is 4. The van der Waals surface area contributed by atoms with E-state index in [0.717, 1.165) is 30.9 Å². The minimum absolute atomic E-state index is 0.0163. The fourth-order valence-corrected chi connectivity index (χ4v) is 7.52. The highest BCUT2D eigenvalue weighted by molar-refractivity contribution is 8.00. The van der Waals surface area contributed by atoms with Gasteiger partial charge in [-0.1, -0.05) is 54.6 Å². The van der Waals surface area contributed by atoms with Crippen LogP contribution in [-0.2, 0) is 16.1 Å². The van der Waals surface area contributed by atoms with Gasteiger partial charge in [-0.3, -0.25) is 0 Å². The van der Waals surface area contributed by atoms with Gasteiger partial charge in [0.15, 0.2) is 11.5 Å². The Morgan fingerprint density at radius 3 is 2.51 bits per heavy atom. The maximum Gasteiger partial charge on any atom is 0.231 e. The van der Waals surface area contributed by atoms with Gasteiger partial charge in [-0.25, -0.2) is 0 Å².